The minimum atomic E-state index is 1.05. The van der Waals surface area contributed by atoms with E-state index >= 15 is 0 Å². The molecule has 0 aromatic heterocycles. The van der Waals surface area contributed by atoms with Gasteiger partial charge in [0.25, 0.3) is 0 Å². The quantitative estimate of drug-likeness (QED) is 0.530. The fourth-order valence-electron chi connectivity index (χ4n) is 1.78. The van der Waals surface area contributed by atoms with Crippen LogP contribution in [-0.2, 0) is 12.8 Å². The summed E-state index contributed by atoms with van der Waals surface area (Å²) in [7, 11) is 0. The van der Waals surface area contributed by atoms with Crippen molar-refractivity contribution in [3.8, 4) is 0 Å². The Labute approximate surface area is 97.2 Å². The van der Waals surface area contributed by atoms with Crippen molar-refractivity contribution >= 4 is 23.1 Å². The van der Waals surface area contributed by atoms with Crippen LogP contribution in [-0.4, -0.2) is 5.16 Å². The largest absolute Gasteiger partial charge is 0.194 e. The molecule has 1 nitrogen and oxygen atoms in total. The van der Waals surface area contributed by atoms with Crippen molar-refractivity contribution in [2.75, 3.05) is 0 Å². The number of aryl methyl sites for hydroxylation is 2. The highest BCUT2D eigenvalue weighted by atomic mass is 32.1. The number of benzene rings is 1. The maximum absolute atomic E-state index is 4.70. The number of nitrogens with zero attached hydrogens (tertiary/aromatic N) is 1. The van der Waals surface area contributed by atoms with Gasteiger partial charge in [-0.05, 0) is 36.2 Å². The van der Waals surface area contributed by atoms with E-state index in [0.29, 0.717) is 0 Å². The summed E-state index contributed by atoms with van der Waals surface area (Å²) in [5.41, 5.74) is 3.64. The lowest BCUT2D eigenvalue weighted by atomic mass is 10.0. The smallest absolute Gasteiger partial charge is 0.0803 e. The van der Waals surface area contributed by atoms with Gasteiger partial charge in [-0.1, -0.05) is 44.9 Å². The molecule has 15 heavy (non-hydrogen) atoms. The molecule has 0 amide bonds. The Morgan fingerprint density at radius 3 is 2.07 bits per heavy atom. The Balaban J connectivity index is 3.14. The molecule has 2 heteroatoms. The normalized spacial score (nSPS) is 9.73. The second kappa shape index (κ2) is 6.49. The summed E-state index contributed by atoms with van der Waals surface area (Å²) < 4.78 is 0. The molecule has 0 radical (unpaired) electrons. The standard InChI is InChI=1S/C13H17NS/c1-3-6-11-8-5-9-12(7-4-2)13(11)14-10-15/h5,8-9H,3-4,6-7H2,1-2H3. The van der Waals surface area contributed by atoms with Crippen molar-refractivity contribution in [1.82, 2.24) is 0 Å². The highest BCUT2D eigenvalue weighted by Crippen LogP contribution is 2.26. The minimum absolute atomic E-state index is 1.05. The van der Waals surface area contributed by atoms with Crippen molar-refractivity contribution in [2.24, 2.45) is 4.99 Å². The number of rotatable bonds is 5. The molecule has 0 aliphatic rings. The van der Waals surface area contributed by atoms with Crippen molar-refractivity contribution < 1.29 is 0 Å². The Morgan fingerprint density at radius 2 is 1.67 bits per heavy atom. The van der Waals surface area contributed by atoms with E-state index in [-0.39, 0.29) is 0 Å². The highest BCUT2D eigenvalue weighted by molar-refractivity contribution is 7.78. The van der Waals surface area contributed by atoms with Crippen molar-refractivity contribution in [3.63, 3.8) is 0 Å². The molecule has 0 saturated carbocycles. The van der Waals surface area contributed by atoms with Crippen LogP contribution in [0.25, 0.3) is 0 Å². The van der Waals surface area contributed by atoms with Crippen LogP contribution in [0, 0.1) is 0 Å². The molecule has 0 atom stereocenters. The van der Waals surface area contributed by atoms with Gasteiger partial charge in [0.05, 0.1) is 10.8 Å². The maximum Gasteiger partial charge on any atom is 0.0803 e. The summed E-state index contributed by atoms with van der Waals surface area (Å²) in [6.45, 7) is 4.36. The molecule has 1 aromatic rings. The summed E-state index contributed by atoms with van der Waals surface area (Å²) in [5.74, 6) is 0. The highest BCUT2D eigenvalue weighted by Gasteiger charge is 2.05. The van der Waals surface area contributed by atoms with Gasteiger partial charge in [0, 0.05) is 0 Å². The van der Waals surface area contributed by atoms with E-state index in [4.69, 9.17) is 12.2 Å². The van der Waals surface area contributed by atoms with Crippen LogP contribution in [0.2, 0.25) is 0 Å². The van der Waals surface area contributed by atoms with Gasteiger partial charge in [0.2, 0.25) is 0 Å². The van der Waals surface area contributed by atoms with E-state index in [9.17, 15) is 0 Å². The first kappa shape index (κ1) is 12.1. The van der Waals surface area contributed by atoms with Crippen LogP contribution >= 0.6 is 12.2 Å². The molecule has 0 aliphatic carbocycles. The van der Waals surface area contributed by atoms with Crippen LogP contribution in [0.3, 0.4) is 0 Å². The molecule has 80 valence electrons. The molecule has 0 spiro atoms. The van der Waals surface area contributed by atoms with Gasteiger partial charge >= 0.3 is 0 Å². The first-order valence-corrected chi connectivity index (χ1v) is 5.92. The Bertz CT molecular complexity index is 341. The molecule has 0 fully saturated rings. The molecule has 0 saturated heterocycles. The van der Waals surface area contributed by atoms with Crippen LogP contribution in [0.4, 0.5) is 5.69 Å². The number of isothiocyanates is 1. The van der Waals surface area contributed by atoms with Gasteiger partial charge in [-0.15, -0.1) is 0 Å². The average Bonchev–Trinajstić information content (AvgIpc) is 2.23. The third kappa shape index (κ3) is 3.26. The molecule has 0 heterocycles. The third-order valence-corrected chi connectivity index (χ3v) is 2.49. The maximum atomic E-state index is 4.70. The van der Waals surface area contributed by atoms with Crippen molar-refractivity contribution in [2.45, 2.75) is 39.5 Å². The number of hydrogen-bond acceptors (Lipinski definition) is 2. The van der Waals surface area contributed by atoms with E-state index in [2.05, 4.69) is 42.2 Å². The predicted octanol–water partition coefficient (Wildman–Crippen LogP) is 4.33. The summed E-state index contributed by atoms with van der Waals surface area (Å²) >= 11 is 4.70. The zero-order valence-electron chi connectivity index (χ0n) is 9.42. The Morgan fingerprint density at radius 1 is 1.13 bits per heavy atom. The van der Waals surface area contributed by atoms with Gasteiger partial charge in [0.15, 0.2) is 0 Å². The van der Waals surface area contributed by atoms with Crippen LogP contribution in [0.15, 0.2) is 23.2 Å². The molecule has 0 N–H and O–H groups in total. The summed E-state index contributed by atoms with van der Waals surface area (Å²) in [4.78, 5) is 4.21. The van der Waals surface area contributed by atoms with Crippen molar-refractivity contribution in [1.29, 1.82) is 0 Å². The molecule has 0 aliphatic heterocycles. The summed E-state index contributed by atoms with van der Waals surface area (Å²) in [6.07, 6.45) is 4.39. The molecular weight excluding hydrogens is 202 g/mol. The number of para-hydroxylation sites is 1. The van der Waals surface area contributed by atoms with Gasteiger partial charge in [-0.3, -0.25) is 0 Å². The molecule has 1 rings (SSSR count). The SMILES string of the molecule is CCCc1cccc(CCC)c1N=C=S. The van der Waals surface area contributed by atoms with Gasteiger partial charge in [-0.2, -0.15) is 4.99 Å². The monoisotopic (exact) mass is 219 g/mol. The predicted molar refractivity (Wildman–Crippen MR) is 69.1 cm³/mol. The zero-order chi connectivity index (χ0) is 11.1. The van der Waals surface area contributed by atoms with Gasteiger partial charge in [0.1, 0.15) is 0 Å². The van der Waals surface area contributed by atoms with Crippen LogP contribution < -0.4 is 0 Å². The van der Waals surface area contributed by atoms with Crippen LogP contribution in [0.5, 0.6) is 0 Å². The molecular formula is C13H17NS. The van der Waals surface area contributed by atoms with E-state index in [0.717, 1.165) is 31.4 Å². The first-order valence-electron chi connectivity index (χ1n) is 5.52. The molecule has 1 aromatic carbocycles. The third-order valence-electron chi connectivity index (χ3n) is 2.40. The molecule has 0 unspecified atom stereocenters. The Kier molecular flexibility index (Phi) is 5.23. The van der Waals surface area contributed by atoms with E-state index in [1.807, 2.05) is 0 Å². The number of aliphatic imine (C=N–C) groups is 1. The second-order valence-corrected chi connectivity index (χ2v) is 3.81. The first-order chi connectivity index (χ1) is 7.33. The lowest BCUT2D eigenvalue weighted by Crippen LogP contribution is -1.90. The lowest BCUT2D eigenvalue weighted by Gasteiger charge is -2.08. The average molecular weight is 219 g/mol. The topological polar surface area (TPSA) is 12.4 Å². The summed E-state index contributed by atoms with van der Waals surface area (Å²) in [5, 5.41) is 2.49. The van der Waals surface area contributed by atoms with Gasteiger partial charge < -0.3 is 0 Å². The fraction of sp³-hybridized carbons (Fsp3) is 0.462. The van der Waals surface area contributed by atoms with Crippen LogP contribution in [0.1, 0.15) is 37.8 Å². The van der Waals surface area contributed by atoms with E-state index < -0.39 is 0 Å². The number of hydrogen-bond donors (Lipinski definition) is 0. The van der Waals surface area contributed by atoms with E-state index in [1.165, 1.54) is 11.1 Å². The molecule has 0 bridgehead atoms. The summed E-state index contributed by atoms with van der Waals surface area (Å²) in [6, 6.07) is 6.38. The van der Waals surface area contributed by atoms with E-state index in [1.54, 1.807) is 0 Å². The zero-order valence-corrected chi connectivity index (χ0v) is 10.2. The van der Waals surface area contributed by atoms with Gasteiger partial charge in [-0.25, -0.2) is 0 Å². The Hall–Kier alpha value is -0.980. The van der Waals surface area contributed by atoms with Crippen molar-refractivity contribution in [3.05, 3.63) is 29.3 Å². The fourth-order valence-corrected chi connectivity index (χ4v) is 1.87. The second-order valence-electron chi connectivity index (χ2n) is 3.63. The lowest BCUT2D eigenvalue weighted by molar-refractivity contribution is 0.895. The number of thiocarbonyl (C=S) groups is 1. The minimum Gasteiger partial charge on any atom is -0.194 e.